The van der Waals surface area contributed by atoms with Gasteiger partial charge in [-0.15, -0.1) is 0 Å². The molecule has 0 aliphatic carbocycles. The number of hydrogen-bond donors (Lipinski definition) is 3. The van der Waals surface area contributed by atoms with Crippen LogP contribution in [-0.4, -0.2) is 58.4 Å². The molecular formula is C22H24F5N7O2. The Balaban J connectivity index is 1.57. The van der Waals surface area contributed by atoms with Crippen molar-refractivity contribution in [1.29, 1.82) is 0 Å². The van der Waals surface area contributed by atoms with Crippen LogP contribution in [0.3, 0.4) is 0 Å². The number of nitrogens with zero attached hydrogens (tertiary/aromatic N) is 4. The molecule has 4 rings (SSSR count). The molecule has 9 nitrogen and oxygen atoms in total. The van der Waals surface area contributed by atoms with Crippen molar-refractivity contribution in [3.05, 3.63) is 41.7 Å². The van der Waals surface area contributed by atoms with Crippen molar-refractivity contribution in [3.8, 4) is 0 Å². The smallest absolute Gasteiger partial charge is 0.381 e. The van der Waals surface area contributed by atoms with Crippen LogP contribution in [-0.2, 0) is 15.8 Å². The van der Waals surface area contributed by atoms with Gasteiger partial charge >= 0.3 is 6.18 Å². The molecule has 2 saturated heterocycles. The lowest BCUT2D eigenvalue weighted by Crippen LogP contribution is -2.61. The van der Waals surface area contributed by atoms with Gasteiger partial charge in [0.05, 0.1) is 17.5 Å². The zero-order chi connectivity index (χ0) is 26.2. The summed E-state index contributed by atoms with van der Waals surface area (Å²) < 4.78 is 67.7. The molecule has 0 saturated carbocycles. The number of benzene rings is 1. The minimum Gasteiger partial charge on any atom is -0.381 e. The molecule has 0 bridgehead atoms. The summed E-state index contributed by atoms with van der Waals surface area (Å²) in [6, 6.07) is 0.261. The number of nitrogens with one attached hydrogen (secondary N) is 1. The second kappa shape index (κ2) is 9.74. The first kappa shape index (κ1) is 25.4. The molecule has 1 aromatic heterocycles. The van der Waals surface area contributed by atoms with E-state index in [-0.39, 0.29) is 49.8 Å². The maximum absolute atomic E-state index is 14.6. The van der Waals surface area contributed by atoms with Gasteiger partial charge in [0.15, 0.2) is 11.6 Å². The maximum Gasteiger partial charge on any atom is 0.416 e. The minimum absolute atomic E-state index is 0.0254. The summed E-state index contributed by atoms with van der Waals surface area (Å²) in [5, 5.41) is 2.70. The van der Waals surface area contributed by atoms with Crippen molar-refractivity contribution in [3.63, 3.8) is 0 Å². The number of carbonyl (C=O) groups is 2. The highest BCUT2D eigenvalue weighted by molar-refractivity contribution is 5.87. The molecule has 194 valence electrons. The van der Waals surface area contributed by atoms with Crippen molar-refractivity contribution in [2.45, 2.75) is 37.5 Å². The third kappa shape index (κ3) is 5.11. The van der Waals surface area contributed by atoms with E-state index in [4.69, 9.17) is 11.5 Å². The van der Waals surface area contributed by atoms with Crippen LogP contribution in [0.1, 0.15) is 24.8 Å². The predicted octanol–water partition coefficient (Wildman–Crippen LogP) is 2.14. The van der Waals surface area contributed by atoms with E-state index in [2.05, 4.69) is 15.3 Å². The van der Waals surface area contributed by atoms with Crippen LogP contribution in [0.4, 0.5) is 39.3 Å². The molecule has 14 heteroatoms. The zero-order valence-electron chi connectivity index (χ0n) is 18.9. The van der Waals surface area contributed by atoms with E-state index in [9.17, 15) is 31.5 Å². The standard InChI is InChI=1S/C22H24F5N7O2/c23-12-6-11(22(25,26)27)7-13(8-12)32-15-2-1-4-34(21(15)36)16-9-33(5-3-14(16)19(29)35)20-17(24)18(28)30-10-31-20/h6-8,10,14-16,32H,1-5,9H2,(H2,29,35)(H2,28,30,31)/t14?,15-,16-/m1/s1. The summed E-state index contributed by atoms with van der Waals surface area (Å²) in [5.74, 6) is -4.21. The molecule has 1 unspecified atom stereocenters. The molecule has 2 aliphatic rings. The predicted molar refractivity (Wildman–Crippen MR) is 119 cm³/mol. The number of halogens is 5. The van der Waals surface area contributed by atoms with Gasteiger partial charge < -0.3 is 26.6 Å². The van der Waals surface area contributed by atoms with Crippen LogP contribution in [0, 0.1) is 17.6 Å². The lowest BCUT2D eigenvalue weighted by molar-refractivity contribution is -0.140. The number of amides is 2. The number of nitrogen functional groups attached to an aromatic ring is 1. The Morgan fingerprint density at radius 2 is 1.86 bits per heavy atom. The Morgan fingerprint density at radius 1 is 1.11 bits per heavy atom. The van der Waals surface area contributed by atoms with Crippen molar-refractivity contribution in [1.82, 2.24) is 14.9 Å². The van der Waals surface area contributed by atoms with Gasteiger partial charge in [-0.05, 0) is 37.5 Å². The molecule has 0 radical (unpaired) electrons. The van der Waals surface area contributed by atoms with Crippen LogP contribution in [0.15, 0.2) is 24.5 Å². The molecular weight excluding hydrogens is 489 g/mol. The highest BCUT2D eigenvalue weighted by atomic mass is 19.4. The van der Waals surface area contributed by atoms with Gasteiger partial charge in [-0.2, -0.15) is 17.6 Å². The SMILES string of the molecule is NC(=O)C1CCN(c2ncnc(N)c2F)C[C@H]1N1CCC[C@@H](Nc2cc(F)cc(C(F)(F)F)c2)C1=O. The summed E-state index contributed by atoms with van der Waals surface area (Å²) in [5.41, 5.74) is 9.76. The quantitative estimate of drug-likeness (QED) is 0.523. The third-order valence-electron chi connectivity index (χ3n) is 6.48. The number of piperidine rings is 2. The molecule has 3 heterocycles. The van der Waals surface area contributed by atoms with E-state index in [1.807, 2.05) is 0 Å². The number of alkyl halides is 3. The first-order valence-corrected chi connectivity index (χ1v) is 11.2. The Morgan fingerprint density at radius 3 is 2.56 bits per heavy atom. The number of rotatable bonds is 5. The van der Waals surface area contributed by atoms with E-state index in [0.29, 0.717) is 12.5 Å². The monoisotopic (exact) mass is 513 g/mol. The van der Waals surface area contributed by atoms with Crippen LogP contribution in [0.5, 0.6) is 0 Å². The molecule has 2 aliphatic heterocycles. The average molecular weight is 513 g/mol. The van der Waals surface area contributed by atoms with E-state index in [0.717, 1.165) is 18.5 Å². The Kier molecular flexibility index (Phi) is 6.87. The highest BCUT2D eigenvalue weighted by Crippen LogP contribution is 2.33. The van der Waals surface area contributed by atoms with E-state index < -0.39 is 53.2 Å². The van der Waals surface area contributed by atoms with Gasteiger partial charge in [-0.1, -0.05) is 0 Å². The molecule has 2 amide bonds. The minimum atomic E-state index is -4.76. The lowest BCUT2D eigenvalue weighted by Gasteiger charge is -2.46. The van der Waals surface area contributed by atoms with Gasteiger partial charge in [0.25, 0.3) is 0 Å². The van der Waals surface area contributed by atoms with E-state index in [1.165, 1.54) is 4.90 Å². The van der Waals surface area contributed by atoms with Crippen LogP contribution < -0.4 is 21.7 Å². The number of aromatic nitrogens is 2. The molecule has 2 fully saturated rings. The number of nitrogens with two attached hydrogens (primary N) is 2. The topological polar surface area (TPSA) is 130 Å². The summed E-state index contributed by atoms with van der Waals surface area (Å²) >= 11 is 0. The second-order valence-electron chi connectivity index (χ2n) is 8.80. The first-order valence-electron chi connectivity index (χ1n) is 11.2. The largest absolute Gasteiger partial charge is 0.416 e. The first-order chi connectivity index (χ1) is 17.0. The van der Waals surface area contributed by atoms with Crippen LogP contribution >= 0.6 is 0 Å². The van der Waals surface area contributed by atoms with E-state index in [1.54, 1.807) is 4.90 Å². The van der Waals surface area contributed by atoms with Crippen LogP contribution in [0.2, 0.25) is 0 Å². The summed E-state index contributed by atoms with van der Waals surface area (Å²) in [6.07, 6.45) is -2.71. The van der Waals surface area contributed by atoms with Crippen molar-refractivity contribution >= 4 is 29.1 Å². The third-order valence-corrected chi connectivity index (χ3v) is 6.48. The average Bonchev–Trinajstić information content (AvgIpc) is 2.81. The van der Waals surface area contributed by atoms with Gasteiger partial charge in [0, 0.05) is 25.3 Å². The fourth-order valence-electron chi connectivity index (χ4n) is 4.77. The molecule has 0 spiro atoms. The Bertz CT molecular complexity index is 1160. The second-order valence-corrected chi connectivity index (χ2v) is 8.80. The molecule has 2 aromatic rings. The molecule has 1 aromatic carbocycles. The molecule has 3 atom stereocenters. The Hall–Kier alpha value is -3.71. The van der Waals surface area contributed by atoms with Gasteiger partial charge in [-0.3, -0.25) is 9.59 Å². The molecule has 5 N–H and O–H groups in total. The normalized spacial score (nSPS) is 23.0. The zero-order valence-corrected chi connectivity index (χ0v) is 18.9. The van der Waals surface area contributed by atoms with Gasteiger partial charge in [0.1, 0.15) is 18.2 Å². The van der Waals surface area contributed by atoms with Crippen molar-refractivity contribution in [2.75, 3.05) is 35.6 Å². The fourth-order valence-corrected chi connectivity index (χ4v) is 4.77. The number of hydrogen-bond acceptors (Lipinski definition) is 7. The number of anilines is 3. The van der Waals surface area contributed by atoms with Crippen molar-refractivity contribution < 1.29 is 31.5 Å². The number of carbonyl (C=O) groups excluding carboxylic acids is 2. The fraction of sp³-hybridized carbons (Fsp3) is 0.455. The van der Waals surface area contributed by atoms with Crippen molar-refractivity contribution in [2.24, 2.45) is 11.7 Å². The van der Waals surface area contributed by atoms with Gasteiger partial charge in [-0.25, -0.2) is 14.4 Å². The number of likely N-dealkylation sites (tertiary alicyclic amines) is 1. The van der Waals surface area contributed by atoms with Gasteiger partial charge in [0.2, 0.25) is 17.6 Å². The van der Waals surface area contributed by atoms with E-state index >= 15 is 0 Å². The highest BCUT2D eigenvalue weighted by Gasteiger charge is 2.43. The molecule has 36 heavy (non-hydrogen) atoms. The summed E-state index contributed by atoms with van der Waals surface area (Å²) in [7, 11) is 0. The summed E-state index contributed by atoms with van der Waals surface area (Å²) in [4.78, 5) is 36.1. The number of primary amides is 1. The maximum atomic E-state index is 14.6. The Labute approximate surface area is 202 Å². The van der Waals surface area contributed by atoms with Crippen LogP contribution in [0.25, 0.3) is 0 Å². The lowest BCUT2D eigenvalue weighted by atomic mass is 9.87. The summed E-state index contributed by atoms with van der Waals surface area (Å²) in [6.45, 7) is 0.507.